The number of benzene rings is 1. The molecule has 2 aromatic rings. The predicted octanol–water partition coefficient (Wildman–Crippen LogP) is 3.64. The van der Waals surface area contributed by atoms with Crippen LogP contribution in [-0.4, -0.2) is 22.4 Å². The van der Waals surface area contributed by atoms with Crippen molar-refractivity contribution in [1.29, 1.82) is 0 Å². The van der Waals surface area contributed by atoms with Crippen molar-refractivity contribution in [2.24, 2.45) is 0 Å². The monoisotopic (exact) mass is 285 g/mol. The normalized spacial score (nSPS) is 17.4. The van der Waals surface area contributed by atoms with Gasteiger partial charge in [-0.15, -0.1) is 0 Å². The fourth-order valence-electron chi connectivity index (χ4n) is 2.89. The van der Waals surface area contributed by atoms with E-state index in [0.29, 0.717) is 6.04 Å². The smallest absolute Gasteiger partial charge is 0.128 e. The first-order valence-electron chi connectivity index (χ1n) is 7.76. The molecule has 1 aliphatic rings. The molecule has 3 rings (SSSR count). The Morgan fingerprint density at radius 2 is 2.10 bits per heavy atom. The third-order valence-electron chi connectivity index (χ3n) is 3.89. The molecule has 0 saturated carbocycles. The van der Waals surface area contributed by atoms with Crippen LogP contribution < -0.4 is 10.1 Å². The van der Waals surface area contributed by atoms with E-state index in [-0.39, 0.29) is 6.10 Å². The summed E-state index contributed by atoms with van der Waals surface area (Å²) in [7, 11) is 0. The zero-order valence-electron chi connectivity index (χ0n) is 13.0. The van der Waals surface area contributed by atoms with E-state index in [2.05, 4.69) is 46.3 Å². The largest absolute Gasteiger partial charge is 0.491 e. The Morgan fingerprint density at radius 1 is 1.33 bits per heavy atom. The summed E-state index contributed by atoms with van der Waals surface area (Å²) in [5.74, 6) is 2.11. The molecule has 1 aliphatic heterocycles. The van der Waals surface area contributed by atoms with Crippen molar-refractivity contribution in [3.05, 3.63) is 41.6 Å². The molecule has 1 atom stereocenters. The summed E-state index contributed by atoms with van der Waals surface area (Å²) in [6, 6.07) is 8.74. The molecular weight excluding hydrogens is 262 g/mol. The van der Waals surface area contributed by atoms with E-state index in [4.69, 9.17) is 4.74 Å². The molecular formula is C17H23N3O. The van der Waals surface area contributed by atoms with Crippen LogP contribution in [0.2, 0.25) is 0 Å². The van der Waals surface area contributed by atoms with Crippen LogP contribution in [0.1, 0.15) is 44.4 Å². The van der Waals surface area contributed by atoms with Crippen LogP contribution in [-0.2, 0) is 6.42 Å². The summed E-state index contributed by atoms with van der Waals surface area (Å²) < 4.78 is 7.84. The molecule has 2 heterocycles. The van der Waals surface area contributed by atoms with Crippen molar-refractivity contribution in [3.8, 4) is 5.75 Å². The fraction of sp³-hybridized carbons (Fsp3) is 0.471. The highest BCUT2D eigenvalue weighted by Gasteiger charge is 2.23. The summed E-state index contributed by atoms with van der Waals surface area (Å²) in [6.45, 7) is 7.25. The van der Waals surface area contributed by atoms with Crippen molar-refractivity contribution >= 4 is 5.82 Å². The lowest BCUT2D eigenvalue weighted by atomic mass is 10.0. The summed E-state index contributed by atoms with van der Waals surface area (Å²) >= 11 is 0. The van der Waals surface area contributed by atoms with Crippen LogP contribution in [0.5, 0.6) is 5.75 Å². The predicted molar refractivity (Wildman–Crippen MR) is 85.1 cm³/mol. The van der Waals surface area contributed by atoms with Crippen molar-refractivity contribution in [2.45, 2.75) is 45.8 Å². The number of aryl methyl sites for hydroxylation is 1. The van der Waals surface area contributed by atoms with Gasteiger partial charge < -0.3 is 10.1 Å². The lowest BCUT2D eigenvalue weighted by Gasteiger charge is -2.27. The Hall–Kier alpha value is -1.97. The summed E-state index contributed by atoms with van der Waals surface area (Å²) in [6.07, 6.45) is 4.26. The van der Waals surface area contributed by atoms with E-state index in [0.717, 1.165) is 25.1 Å². The van der Waals surface area contributed by atoms with Gasteiger partial charge in [0.15, 0.2) is 0 Å². The van der Waals surface area contributed by atoms with Crippen molar-refractivity contribution in [1.82, 2.24) is 9.78 Å². The highest BCUT2D eigenvalue weighted by molar-refractivity contribution is 5.47. The van der Waals surface area contributed by atoms with Gasteiger partial charge in [-0.2, -0.15) is 5.10 Å². The van der Waals surface area contributed by atoms with Crippen LogP contribution in [0.25, 0.3) is 0 Å². The molecule has 1 aromatic heterocycles. The molecule has 1 aromatic carbocycles. The minimum atomic E-state index is 0.208. The average molecular weight is 285 g/mol. The quantitative estimate of drug-likeness (QED) is 0.932. The fourth-order valence-corrected chi connectivity index (χ4v) is 2.89. The summed E-state index contributed by atoms with van der Waals surface area (Å²) in [5.41, 5.74) is 2.58. The standard InChI is InChI=1S/C17H23N3O/c1-4-13-11-19-20-16(9-10-18-17(13)20)14-5-7-15(8-6-14)21-12(2)3/h5-8,11-12,16,18H,4,9-10H2,1-3H3. The zero-order chi connectivity index (χ0) is 14.8. The van der Waals surface area contributed by atoms with E-state index in [1.54, 1.807) is 0 Å². The van der Waals surface area contributed by atoms with Crippen LogP contribution in [0, 0.1) is 0 Å². The van der Waals surface area contributed by atoms with Crippen molar-refractivity contribution in [3.63, 3.8) is 0 Å². The number of rotatable bonds is 4. The van der Waals surface area contributed by atoms with Crippen LogP contribution in [0.15, 0.2) is 30.5 Å². The zero-order valence-corrected chi connectivity index (χ0v) is 13.0. The second-order valence-electron chi connectivity index (χ2n) is 5.78. The topological polar surface area (TPSA) is 39.1 Å². The lowest BCUT2D eigenvalue weighted by molar-refractivity contribution is 0.242. The molecule has 112 valence electrons. The van der Waals surface area contributed by atoms with E-state index in [9.17, 15) is 0 Å². The summed E-state index contributed by atoms with van der Waals surface area (Å²) in [5, 5.41) is 8.05. The Balaban J connectivity index is 1.86. The number of aromatic nitrogens is 2. The van der Waals surface area contributed by atoms with Gasteiger partial charge in [-0.05, 0) is 44.4 Å². The highest BCUT2D eigenvalue weighted by Crippen LogP contribution is 2.32. The molecule has 1 unspecified atom stereocenters. The van der Waals surface area contributed by atoms with Gasteiger partial charge in [-0.3, -0.25) is 0 Å². The summed E-state index contributed by atoms with van der Waals surface area (Å²) in [4.78, 5) is 0. The molecule has 0 aliphatic carbocycles. The molecule has 0 amide bonds. The molecule has 0 spiro atoms. The van der Waals surface area contributed by atoms with Gasteiger partial charge in [-0.25, -0.2) is 4.68 Å². The van der Waals surface area contributed by atoms with Crippen molar-refractivity contribution < 1.29 is 4.74 Å². The SMILES string of the molecule is CCc1cnn2c1NCCC2c1ccc(OC(C)C)cc1. The highest BCUT2D eigenvalue weighted by atomic mass is 16.5. The number of nitrogens with one attached hydrogen (secondary N) is 1. The van der Waals surface area contributed by atoms with Gasteiger partial charge in [0.1, 0.15) is 11.6 Å². The molecule has 0 saturated heterocycles. The van der Waals surface area contributed by atoms with Crippen LogP contribution >= 0.6 is 0 Å². The van der Waals surface area contributed by atoms with Gasteiger partial charge in [0.05, 0.1) is 18.3 Å². The number of nitrogens with zero attached hydrogens (tertiary/aromatic N) is 2. The first kappa shape index (κ1) is 14.0. The Labute approximate surface area is 126 Å². The second-order valence-corrected chi connectivity index (χ2v) is 5.78. The number of hydrogen-bond donors (Lipinski definition) is 1. The minimum absolute atomic E-state index is 0.208. The molecule has 4 nitrogen and oxygen atoms in total. The minimum Gasteiger partial charge on any atom is -0.491 e. The number of fused-ring (bicyclic) bond motifs is 1. The molecule has 21 heavy (non-hydrogen) atoms. The number of ether oxygens (including phenoxy) is 1. The van der Waals surface area contributed by atoms with E-state index in [1.807, 2.05) is 20.0 Å². The molecule has 1 N–H and O–H groups in total. The first-order chi connectivity index (χ1) is 10.2. The van der Waals surface area contributed by atoms with Crippen LogP contribution in [0.3, 0.4) is 0 Å². The maximum atomic E-state index is 5.71. The lowest BCUT2D eigenvalue weighted by Crippen LogP contribution is -2.24. The Morgan fingerprint density at radius 3 is 2.76 bits per heavy atom. The second kappa shape index (κ2) is 5.80. The van der Waals surface area contributed by atoms with Gasteiger partial charge >= 0.3 is 0 Å². The molecule has 0 bridgehead atoms. The third-order valence-corrected chi connectivity index (χ3v) is 3.89. The van der Waals surface area contributed by atoms with Gasteiger partial charge in [0.2, 0.25) is 0 Å². The maximum Gasteiger partial charge on any atom is 0.128 e. The van der Waals surface area contributed by atoms with E-state index < -0.39 is 0 Å². The Bertz CT molecular complexity index is 601. The van der Waals surface area contributed by atoms with Crippen molar-refractivity contribution in [2.75, 3.05) is 11.9 Å². The van der Waals surface area contributed by atoms with E-state index >= 15 is 0 Å². The third kappa shape index (κ3) is 2.75. The van der Waals surface area contributed by atoms with Gasteiger partial charge in [0, 0.05) is 12.1 Å². The molecule has 0 fully saturated rings. The first-order valence-corrected chi connectivity index (χ1v) is 7.76. The van der Waals surface area contributed by atoms with Gasteiger partial charge in [-0.1, -0.05) is 19.1 Å². The molecule has 0 radical (unpaired) electrons. The van der Waals surface area contributed by atoms with E-state index in [1.165, 1.54) is 16.9 Å². The number of anilines is 1. The Kier molecular flexibility index (Phi) is 3.86. The number of hydrogen-bond acceptors (Lipinski definition) is 3. The maximum absolute atomic E-state index is 5.71. The van der Waals surface area contributed by atoms with Crippen LogP contribution in [0.4, 0.5) is 5.82 Å². The van der Waals surface area contributed by atoms with Gasteiger partial charge in [0.25, 0.3) is 0 Å². The average Bonchev–Trinajstić information content (AvgIpc) is 2.90. The molecule has 4 heteroatoms.